The van der Waals surface area contributed by atoms with Crippen LogP contribution in [0.25, 0.3) is 0 Å². The van der Waals surface area contributed by atoms with Crippen LogP contribution >= 0.6 is 0 Å². The fraction of sp³-hybridized carbons (Fsp3) is 1.00. The van der Waals surface area contributed by atoms with Gasteiger partial charge in [-0.2, -0.15) is 0 Å². The van der Waals surface area contributed by atoms with E-state index in [1.807, 2.05) is 14.1 Å². The van der Waals surface area contributed by atoms with Crippen molar-refractivity contribution in [3.05, 3.63) is 0 Å². The fourth-order valence-corrected chi connectivity index (χ4v) is 3.65. The lowest BCUT2D eigenvalue weighted by Crippen LogP contribution is -2.27. The van der Waals surface area contributed by atoms with Crippen molar-refractivity contribution >= 4 is 8.32 Å². The first-order chi connectivity index (χ1) is 20.9. The van der Waals surface area contributed by atoms with Gasteiger partial charge in [0.05, 0.1) is 152 Å². The van der Waals surface area contributed by atoms with Crippen LogP contribution in [0.1, 0.15) is 0 Å². The van der Waals surface area contributed by atoms with Gasteiger partial charge in [0.2, 0.25) is 0 Å². The van der Waals surface area contributed by atoms with E-state index in [1.165, 1.54) is 0 Å². The molecule has 0 unspecified atom stereocenters. The molecule has 0 fully saturated rings. The maximum absolute atomic E-state index is 5.71. The van der Waals surface area contributed by atoms with E-state index in [0.717, 1.165) is 13.2 Å². The van der Waals surface area contributed by atoms with E-state index in [0.29, 0.717) is 145 Å². The SMILES string of the molecule is CN(C)CCOCCOCCOCCOCCOCCOCCOCCOCCOCCOCCOCCO[Si](C)(C)C. The Kier molecular flexibility index (Phi) is 34.3. The monoisotopic (exact) mass is 645 g/mol. The van der Waals surface area contributed by atoms with E-state index in [9.17, 15) is 0 Å². The van der Waals surface area contributed by atoms with Crippen molar-refractivity contribution in [2.24, 2.45) is 0 Å². The van der Waals surface area contributed by atoms with Gasteiger partial charge in [0.1, 0.15) is 0 Å². The third kappa shape index (κ3) is 41.7. The number of nitrogens with zero attached hydrogens (tertiary/aromatic N) is 1. The maximum atomic E-state index is 5.71. The second-order valence-corrected chi connectivity index (χ2v) is 15.0. The lowest BCUT2D eigenvalue weighted by molar-refractivity contribution is -0.0278. The summed E-state index contributed by atoms with van der Waals surface area (Å²) < 4.78 is 65.9. The van der Waals surface area contributed by atoms with E-state index in [4.69, 9.17) is 56.5 Å². The topological polar surface area (TPSA) is 114 Å². The molecule has 0 aliphatic rings. The van der Waals surface area contributed by atoms with Crippen LogP contribution in [0, 0.1) is 0 Å². The van der Waals surface area contributed by atoms with Crippen molar-refractivity contribution in [2.75, 3.05) is 173 Å². The molecule has 0 saturated carbocycles. The van der Waals surface area contributed by atoms with Gasteiger partial charge in [-0.1, -0.05) is 0 Å². The Morgan fingerprint density at radius 2 is 0.488 bits per heavy atom. The van der Waals surface area contributed by atoms with Crippen LogP contribution in [0.4, 0.5) is 0 Å². The zero-order valence-corrected chi connectivity index (χ0v) is 28.8. The molecule has 43 heavy (non-hydrogen) atoms. The average molecular weight is 646 g/mol. The van der Waals surface area contributed by atoms with Gasteiger partial charge in [-0.3, -0.25) is 0 Å². The number of hydrogen-bond acceptors (Lipinski definition) is 13. The molecule has 0 bridgehead atoms. The van der Waals surface area contributed by atoms with Gasteiger partial charge < -0.3 is 61.4 Å². The molecule has 0 rings (SSSR count). The Labute approximate surface area is 262 Å². The highest BCUT2D eigenvalue weighted by Gasteiger charge is 2.13. The molecule has 0 aliphatic carbocycles. The van der Waals surface area contributed by atoms with Crippen LogP contribution in [0.5, 0.6) is 0 Å². The highest BCUT2D eigenvalue weighted by Crippen LogP contribution is 2.01. The summed E-state index contributed by atoms with van der Waals surface area (Å²) in [5, 5.41) is 0. The lowest BCUT2D eigenvalue weighted by Gasteiger charge is -2.16. The van der Waals surface area contributed by atoms with Crippen molar-refractivity contribution in [3.8, 4) is 0 Å². The van der Waals surface area contributed by atoms with Crippen molar-refractivity contribution < 1.29 is 56.5 Å². The summed E-state index contributed by atoms with van der Waals surface area (Å²) in [7, 11) is 2.59. The second-order valence-electron chi connectivity index (χ2n) is 10.5. The van der Waals surface area contributed by atoms with Gasteiger partial charge in [-0.15, -0.1) is 0 Å². The zero-order chi connectivity index (χ0) is 31.5. The molecule has 0 atom stereocenters. The summed E-state index contributed by atoms with van der Waals surface area (Å²) in [6, 6.07) is 0. The summed E-state index contributed by atoms with van der Waals surface area (Å²) in [6.45, 7) is 20.1. The number of likely N-dealkylation sites (N-methyl/N-ethyl adjacent to an activating group) is 1. The van der Waals surface area contributed by atoms with Crippen molar-refractivity contribution in [1.29, 1.82) is 0 Å². The molecule has 0 aliphatic heterocycles. The van der Waals surface area contributed by atoms with Gasteiger partial charge in [0, 0.05) is 6.54 Å². The molecule has 0 spiro atoms. The normalized spacial score (nSPS) is 12.1. The number of rotatable bonds is 37. The molecular formula is C29H63NO12Si. The van der Waals surface area contributed by atoms with E-state index >= 15 is 0 Å². The summed E-state index contributed by atoms with van der Waals surface area (Å²) in [5.74, 6) is 0. The highest BCUT2D eigenvalue weighted by atomic mass is 28.4. The lowest BCUT2D eigenvalue weighted by atomic mass is 10.6. The van der Waals surface area contributed by atoms with Crippen LogP contribution in [0.2, 0.25) is 19.6 Å². The Bertz CT molecular complexity index is 532. The van der Waals surface area contributed by atoms with Crippen LogP contribution in [0.3, 0.4) is 0 Å². The zero-order valence-electron chi connectivity index (χ0n) is 27.8. The molecule has 0 N–H and O–H groups in total. The Hall–Kier alpha value is -0.303. The highest BCUT2D eigenvalue weighted by molar-refractivity contribution is 6.69. The third-order valence-electron chi connectivity index (χ3n) is 5.17. The standard InChI is InChI=1S/C29H63NO12Si/c1-30(2)6-7-31-8-9-32-10-11-33-12-13-34-14-15-35-16-17-36-18-19-37-20-21-38-22-23-39-24-25-40-26-27-41-28-29-42-43(3,4)5/h6-29H2,1-5H3. The molecule has 13 nitrogen and oxygen atoms in total. The van der Waals surface area contributed by atoms with Crippen LogP contribution in [-0.4, -0.2) is 186 Å². The first-order valence-corrected chi connectivity index (χ1v) is 19.0. The minimum atomic E-state index is -1.45. The molecule has 0 heterocycles. The minimum absolute atomic E-state index is 0.519. The molecule has 0 aromatic carbocycles. The van der Waals surface area contributed by atoms with E-state index in [2.05, 4.69) is 24.5 Å². The Balaban J connectivity index is 3.05. The van der Waals surface area contributed by atoms with E-state index in [-0.39, 0.29) is 0 Å². The molecule has 0 saturated heterocycles. The number of ether oxygens (including phenoxy) is 11. The predicted octanol–water partition coefficient (Wildman–Crippen LogP) is 1.58. The van der Waals surface area contributed by atoms with E-state index < -0.39 is 8.32 Å². The van der Waals surface area contributed by atoms with Gasteiger partial charge in [-0.25, -0.2) is 0 Å². The minimum Gasteiger partial charge on any atom is -0.415 e. The van der Waals surface area contributed by atoms with Gasteiger partial charge >= 0.3 is 0 Å². The van der Waals surface area contributed by atoms with Gasteiger partial charge in [0.15, 0.2) is 8.32 Å². The number of hydrogen-bond donors (Lipinski definition) is 0. The Morgan fingerprint density at radius 1 is 0.302 bits per heavy atom. The average Bonchev–Trinajstić information content (AvgIpc) is 2.96. The molecule has 0 radical (unpaired) electrons. The molecule has 0 aromatic rings. The summed E-state index contributed by atoms with van der Waals surface area (Å²) in [4.78, 5) is 2.08. The van der Waals surface area contributed by atoms with Crippen LogP contribution in [0.15, 0.2) is 0 Å². The molecule has 260 valence electrons. The molecular weight excluding hydrogens is 582 g/mol. The Morgan fingerprint density at radius 3 is 0.674 bits per heavy atom. The molecule has 14 heteroatoms. The summed E-state index contributed by atoms with van der Waals surface area (Å²) >= 11 is 0. The first kappa shape index (κ1) is 42.7. The van der Waals surface area contributed by atoms with E-state index in [1.54, 1.807) is 0 Å². The molecule has 0 amide bonds. The quantitative estimate of drug-likeness (QED) is 0.0721. The summed E-state index contributed by atoms with van der Waals surface area (Å²) in [6.07, 6.45) is 0. The van der Waals surface area contributed by atoms with Gasteiger partial charge in [-0.05, 0) is 33.7 Å². The second kappa shape index (κ2) is 34.6. The fourth-order valence-electron chi connectivity index (χ4n) is 2.96. The van der Waals surface area contributed by atoms with Crippen molar-refractivity contribution in [2.45, 2.75) is 19.6 Å². The van der Waals surface area contributed by atoms with Crippen LogP contribution in [-0.2, 0) is 56.5 Å². The largest absolute Gasteiger partial charge is 0.415 e. The van der Waals surface area contributed by atoms with Crippen molar-refractivity contribution in [3.63, 3.8) is 0 Å². The predicted molar refractivity (Wildman–Crippen MR) is 167 cm³/mol. The smallest absolute Gasteiger partial charge is 0.183 e. The third-order valence-corrected chi connectivity index (χ3v) is 6.24. The van der Waals surface area contributed by atoms with Gasteiger partial charge in [0.25, 0.3) is 0 Å². The molecule has 0 aromatic heterocycles. The maximum Gasteiger partial charge on any atom is 0.183 e. The van der Waals surface area contributed by atoms with Crippen molar-refractivity contribution in [1.82, 2.24) is 4.90 Å². The van der Waals surface area contributed by atoms with Crippen LogP contribution < -0.4 is 0 Å². The first-order valence-electron chi connectivity index (χ1n) is 15.6. The summed E-state index contributed by atoms with van der Waals surface area (Å²) in [5.41, 5.74) is 0.